The van der Waals surface area contributed by atoms with Crippen molar-refractivity contribution >= 4 is 29.3 Å². The van der Waals surface area contributed by atoms with Gasteiger partial charge in [0.15, 0.2) is 11.6 Å². The second-order valence-electron chi connectivity index (χ2n) is 7.12. The van der Waals surface area contributed by atoms with Gasteiger partial charge in [-0.3, -0.25) is 9.09 Å². The zero-order valence-electron chi connectivity index (χ0n) is 19.2. The fourth-order valence-corrected chi connectivity index (χ4v) is 6.02. The van der Waals surface area contributed by atoms with Gasteiger partial charge in [0, 0.05) is 12.1 Å². The van der Waals surface area contributed by atoms with Crippen LogP contribution in [0.25, 0.3) is 0 Å². The van der Waals surface area contributed by atoms with Crippen LogP contribution in [0, 0.1) is 11.7 Å². The molecule has 0 saturated carbocycles. The van der Waals surface area contributed by atoms with Gasteiger partial charge in [-0.05, 0) is 26.1 Å². The predicted octanol–water partition coefficient (Wildman–Crippen LogP) is 1.77. The highest BCUT2D eigenvalue weighted by Crippen LogP contribution is 2.66. The third-order valence-electron chi connectivity index (χ3n) is 4.65. The Hall–Kier alpha value is -1.28. The number of halogens is 1. The molecule has 0 amide bonds. The molecule has 0 radical (unpaired) electrons. The number of phosphoric acid groups is 3. The molecule has 35 heavy (non-hydrogen) atoms. The summed E-state index contributed by atoms with van der Waals surface area (Å²) in [7, 11) is -16.3. The molecule has 1 aromatic heterocycles. The first kappa shape index (κ1) is 31.7. The highest BCUT2D eigenvalue weighted by Gasteiger charge is 2.41. The summed E-state index contributed by atoms with van der Waals surface area (Å²) in [4.78, 5) is 52.8. The van der Waals surface area contributed by atoms with Crippen molar-refractivity contribution in [1.82, 2.24) is 14.5 Å². The summed E-state index contributed by atoms with van der Waals surface area (Å²) in [6.45, 7) is 9.58. The molecule has 0 saturated heterocycles. The number of phosphoric ester groups is 1. The van der Waals surface area contributed by atoms with Gasteiger partial charge in [0.05, 0.1) is 12.6 Å². The lowest BCUT2D eigenvalue weighted by Gasteiger charge is -2.18. The standard InChI is InChI=1S/C10H15FN3O11P3.C6H15N/c11-8-4-14(10(15)13-9(8)12)7-2-1-6(3-7)5-23-27(19,20)25-28(21,22)24-26(16,17)18;1-4-7(5-2)6-3/h1-2,4,6-7H,3,5H2,(H,19,20)(H,21,22)(H2,12,13,15)(H2,16,17,18);4-6H2,1-3H3/t6-,7+;/m1./s1. The van der Waals surface area contributed by atoms with Gasteiger partial charge in [0.2, 0.25) is 0 Å². The van der Waals surface area contributed by atoms with E-state index in [2.05, 4.69) is 43.8 Å². The quantitative estimate of drug-likeness (QED) is 0.190. The molecule has 0 aromatic carbocycles. The first-order valence-electron chi connectivity index (χ1n) is 10.3. The summed E-state index contributed by atoms with van der Waals surface area (Å²) in [5, 5.41) is 0. The fraction of sp³-hybridized carbons (Fsp3) is 0.625. The molecule has 202 valence electrons. The van der Waals surface area contributed by atoms with Crippen LogP contribution in [-0.4, -0.2) is 60.3 Å². The summed E-state index contributed by atoms with van der Waals surface area (Å²) < 4.78 is 59.5. The number of hydrogen-bond acceptors (Lipinski definition) is 10. The number of anilines is 1. The van der Waals surface area contributed by atoms with E-state index in [0.717, 1.165) is 10.8 Å². The van der Waals surface area contributed by atoms with Gasteiger partial charge < -0.3 is 30.2 Å². The van der Waals surface area contributed by atoms with Crippen LogP contribution in [0.3, 0.4) is 0 Å². The summed E-state index contributed by atoms with van der Waals surface area (Å²) in [5.74, 6) is -2.07. The molecule has 0 bridgehead atoms. The molecule has 1 aliphatic carbocycles. The molecule has 4 atom stereocenters. The highest BCUT2D eigenvalue weighted by molar-refractivity contribution is 7.66. The van der Waals surface area contributed by atoms with Crippen molar-refractivity contribution < 1.29 is 50.8 Å². The van der Waals surface area contributed by atoms with Crippen LogP contribution in [0.15, 0.2) is 23.1 Å². The Morgan fingerprint density at radius 3 is 2.14 bits per heavy atom. The van der Waals surface area contributed by atoms with Crippen molar-refractivity contribution in [2.75, 3.05) is 32.0 Å². The molecular weight excluding hydrogens is 536 g/mol. The minimum Gasteiger partial charge on any atom is -0.381 e. The van der Waals surface area contributed by atoms with E-state index < -0.39 is 59.4 Å². The Kier molecular flexibility index (Phi) is 12.1. The Morgan fingerprint density at radius 2 is 1.66 bits per heavy atom. The maximum absolute atomic E-state index is 13.5. The normalized spacial score (nSPS) is 21.3. The lowest BCUT2D eigenvalue weighted by molar-refractivity contribution is 0.159. The SMILES string of the molecule is CCN(CC)CC.Nc1nc(=O)n([C@H]2C=C[C@@H](COP(=O)(O)OP(=O)(O)OP(=O)(O)O)C2)cc1F. The van der Waals surface area contributed by atoms with Gasteiger partial charge in [0.25, 0.3) is 0 Å². The van der Waals surface area contributed by atoms with Crippen LogP contribution in [0.5, 0.6) is 0 Å². The first-order chi connectivity index (χ1) is 16.0. The Balaban J connectivity index is 0.000000762. The molecule has 1 aliphatic rings. The maximum atomic E-state index is 13.5. The summed E-state index contributed by atoms with van der Waals surface area (Å²) >= 11 is 0. The Bertz CT molecular complexity index is 1070. The molecule has 0 spiro atoms. The number of hydrogen-bond donors (Lipinski definition) is 5. The molecule has 0 aliphatic heterocycles. The van der Waals surface area contributed by atoms with Gasteiger partial charge in [-0.15, -0.1) is 0 Å². The van der Waals surface area contributed by atoms with Crippen molar-refractivity contribution in [3.05, 3.63) is 34.7 Å². The van der Waals surface area contributed by atoms with Crippen LogP contribution in [0.1, 0.15) is 33.2 Å². The van der Waals surface area contributed by atoms with E-state index in [0.29, 0.717) is 0 Å². The molecule has 19 heteroatoms. The van der Waals surface area contributed by atoms with Crippen molar-refractivity contribution in [1.29, 1.82) is 0 Å². The smallest absolute Gasteiger partial charge is 0.381 e. The molecule has 2 unspecified atom stereocenters. The van der Waals surface area contributed by atoms with Gasteiger partial charge in [-0.2, -0.15) is 13.6 Å². The van der Waals surface area contributed by atoms with Gasteiger partial charge in [-0.25, -0.2) is 22.9 Å². The Labute approximate surface area is 200 Å². The predicted molar refractivity (Wildman–Crippen MR) is 122 cm³/mol. The monoisotopic (exact) mass is 566 g/mol. The average Bonchev–Trinajstić information content (AvgIpc) is 3.17. The molecule has 1 heterocycles. The highest BCUT2D eigenvalue weighted by atomic mass is 31.3. The first-order valence-corrected chi connectivity index (χ1v) is 14.8. The van der Waals surface area contributed by atoms with E-state index in [1.807, 2.05) is 0 Å². The maximum Gasteiger partial charge on any atom is 0.490 e. The van der Waals surface area contributed by atoms with Crippen molar-refractivity contribution in [3.8, 4) is 0 Å². The van der Waals surface area contributed by atoms with E-state index >= 15 is 0 Å². The zero-order chi connectivity index (χ0) is 27.0. The second kappa shape index (κ2) is 13.3. The second-order valence-corrected chi connectivity index (χ2v) is 11.5. The molecule has 6 N–H and O–H groups in total. The van der Waals surface area contributed by atoms with E-state index in [-0.39, 0.29) is 6.42 Å². The van der Waals surface area contributed by atoms with E-state index in [9.17, 15) is 27.8 Å². The van der Waals surface area contributed by atoms with Crippen LogP contribution >= 0.6 is 23.5 Å². The number of allylic oxidation sites excluding steroid dienone is 1. The molecule has 15 nitrogen and oxygen atoms in total. The van der Waals surface area contributed by atoms with Crippen molar-refractivity contribution in [2.45, 2.75) is 33.2 Å². The molecule has 0 fully saturated rings. The van der Waals surface area contributed by atoms with E-state index in [1.54, 1.807) is 0 Å². The number of aromatic nitrogens is 2. The minimum absolute atomic E-state index is 0.112. The fourth-order valence-electron chi connectivity index (χ4n) is 2.94. The van der Waals surface area contributed by atoms with Gasteiger partial charge >= 0.3 is 29.2 Å². The van der Waals surface area contributed by atoms with Gasteiger partial charge in [0.1, 0.15) is 0 Å². The average molecular weight is 566 g/mol. The van der Waals surface area contributed by atoms with Gasteiger partial charge in [-0.1, -0.05) is 32.9 Å². The van der Waals surface area contributed by atoms with Crippen LogP contribution in [-0.2, 0) is 26.8 Å². The molecular formula is C16H30FN4O11P3. The summed E-state index contributed by atoms with van der Waals surface area (Å²) in [6, 6.07) is -0.662. The number of rotatable bonds is 11. The summed E-state index contributed by atoms with van der Waals surface area (Å²) in [5.41, 5.74) is 4.37. The minimum atomic E-state index is -5.60. The van der Waals surface area contributed by atoms with E-state index in [4.69, 9.17) is 20.4 Å². The van der Waals surface area contributed by atoms with Crippen molar-refractivity contribution in [2.24, 2.45) is 5.92 Å². The molecule has 2 rings (SSSR count). The Morgan fingerprint density at radius 1 is 1.09 bits per heavy atom. The lowest BCUT2D eigenvalue weighted by Crippen LogP contribution is -2.27. The number of nitrogens with zero attached hydrogens (tertiary/aromatic N) is 3. The van der Waals surface area contributed by atoms with Crippen molar-refractivity contribution in [3.63, 3.8) is 0 Å². The number of nitrogens with two attached hydrogens (primary N) is 1. The third-order valence-corrected chi connectivity index (χ3v) is 8.45. The topological polar surface area (TPSA) is 224 Å². The largest absolute Gasteiger partial charge is 0.490 e. The number of nitrogen functional groups attached to an aromatic ring is 1. The van der Waals surface area contributed by atoms with Crippen LogP contribution in [0.4, 0.5) is 10.2 Å². The van der Waals surface area contributed by atoms with Crippen LogP contribution < -0.4 is 11.4 Å². The zero-order valence-corrected chi connectivity index (χ0v) is 21.9. The lowest BCUT2D eigenvalue weighted by atomic mass is 10.1. The molecule has 1 aromatic rings. The third kappa shape index (κ3) is 11.5. The van der Waals surface area contributed by atoms with E-state index in [1.165, 1.54) is 31.8 Å². The van der Waals surface area contributed by atoms with Crippen LogP contribution in [0.2, 0.25) is 0 Å². The summed E-state index contributed by atoms with van der Waals surface area (Å²) in [6.07, 6.45) is 3.91.